The highest BCUT2D eigenvalue weighted by Crippen LogP contribution is 2.26. The SMILES string of the molecule is CCC1CCC(NC(=NC)NCCCOCC2CCOCC2)CC1.I. The number of guanidine groups is 1. The van der Waals surface area contributed by atoms with E-state index >= 15 is 0 Å². The van der Waals surface area contributed by atoms with Gasteiger partial charge in [-0.15, -0.1) is 24.0 Å². The number of nitrogens with one attached hydrogen (secondary N) is 2. The lowest BCUT2D eigenvalue weighted by atomic mass is 9.84. The second kappa shape index (κ2) is 14.0. The molecule has 25 heavy (non-hydrogen) atoms. The quantitative estimate of drug-likeness (QED) is 0.248. The van der Waals surface area contributed by atoms with Gasteiger partial charge < -0.3 is 20.1 Å². The highest BCUT2D eigenvalue weighted by Gasteiger charge is 2.20. The molecule has 0 aromatic heterocycles. The predicted octanol–water partition coefficient (Wildman–Crippen LogP) is 3.57. The van der Waals surface area contributed by atoms with Crippen LogP contribution in [-0.4, -0.2) is 52.0 Å². The van der Waals surface area contributed by atoms with Gasteiger partial charge in [0, 0.05) is 46.1 Å². The smallest absolute Gasteiger partial charge is 0.191 e. The van der Waals surface area contributed by atoms with E-state index in [2.05, 4.69) is 22.5 Å². The van der Waals surface area contributed by atoms with Gasteiger partial charge in [-0.25, -0.2) is 0 Å². The third-order valence-corrected chi connectivity index (χ3v) is 5.44. The molecule has 1 saturated carbocycles. The summed E-state index contributed by atoms with van der Waals surface area (Å²) in [5.41, 5.74) is 0. The number of hydrogen-bond donors (Lipinski definition) is 2. The summed E-state index contributed by atoms with van der Waals surface area (Å²) >= 11 is 0. The van der Waals surface area contributed by atoms with Gasteiger partial charge in [-0.05, 0) is 56.8 Å². The van der Waals surface area contributed by atoms with Crippen LogP contribution < -0.4 is 10.6 Å². The molecule has 0 radical (unpaired) electrons. The Kier molecular flexibility index (Phi) is 12.9. The number of halogens is 1. The van der Waals surface area contributed by atoms with Gasteiger partial charge in [-0.3, -0.25) is 4.99 Å². The second-order valence-corrected chi connectivity index (χ2v) is 7.25. The Hall–Kier alpha value is -0.0800. The lowest BCUT2D eigenvalue weighted by Gasteiger charge is -2.29. The number of rotatable bonds is 8. The lowest BCUT2D eigenvalue weighted by Crippen LogP contribution is -2.45. The van der Waals surface area contributed by atoms with Crippen LogP contribution in [0.15, 0.2) is 4.99 Å². The minimum Gasteiger partial charge on any atom is -0.381 e. The Bertz CT molecular complexity index is 355. The van der Waals surface area contributed by atoms with Gasteiger partial charge >= 0.3 is 0 Å². The Balaban J connectivity index is 0.00000312. The molecular weight excluding hydrogens is 429 g/mol. The molecule has 0 unspecified atom stereocenters. The molecule has 1 saturated heterocycles. The molecule has 1 aliphatic carbocycles. The Morgan fingerprint density at radius 2 is 1.80 bits per heavy atom. The van der Waals surface area contributed by atoms with E-state index in [0.29, 0.717) is 12.0 Å². The molecule has 0 amide bonds. The first-order chi connectivity index (χ1) is 11.8. The first-order valence-corrected chi connectivity index (χ1v) is 9.94. The van der Waals surface area contributed by atoms with Crippen molar-refractivity contribution in [2.75, 3.05) is 40.0 Å². The minimum absolute atomic E-state index is 0. The summed E-state index contributed by atoms with van der Waals surface area (Å²) in [6.07, 6.45) is 9.89. The van der Waals surface area contributed by atoms with Gasteiger partial charge in [-0.2, -0.15) is 0 Å². The lowest BCUT2D eigenvalue weighted by molar-refractivity contribution is 0.0203. The highest BCUT2D eigenvalue weighted by molar-refractivity contribution is 14.0. The number of hydrogen-bond acceptors (Lipinski definition) is 3. The van der Waals surface area contributed by atoms with Crippen molar-refractivity contribution in [3.8, 4) is 0 Å². The maximum absolute atomic E-state index is 5.81. The van der Waals surface area contributed by atoms with Crippen molar-refractivity contribution >= 4 is 29.9 Å². The first-order valence-electron chi connectivity index (χ1n) is 9.94. The van der Waals surface area contributed by atoms with E-state index in [9.17, 15) is 0 Å². The van der Waals surface area contributed by atoms with Gasteiger partial charge in [0.05, 0.1) is 0 Å². The summed E-state index contributed by atoms with van der Waals surface area (Å²) in [4.78, 5) is 4.35. The Morgan fingerprint density at radius 3 is 2.44 bits per heavy atom. The standard InChI is InChI=1S/C19H37N3O2.HI/c1-3-16-5-7-18(8-6-16)22-19(20-2)21-11-4-12-24-15-17-9-13-23-14-10-17;/h16-18H,3-15H2,1-2H3,(H2,20,21,22);1H. The van der Waals surface area contributed by atoms with Crippen molar-refractivity contribution in [1.29, 1.82) is 0 Å². The van der Waals surface area contributed by atoms with Crippen LogP contribution in [0, 0.1) is 11.8 Å². The molecule has 1 aliphatic heterocycles. The molecule has 2 N–H and O–H groups in total. The topological polar surface area (TPSA) is 54.9 Å². The largest absolute Gasteiger partial charge is 0.381 e. The number of nitrogens with zero attached hydrogens (tertiary/aromatic N) is 1. The van der Waals surface area contributed by atoms with Crippen molar-refractivity contribution in [1.82, 2.24) is 10.6 Å². The van der Waals surface area contributed by atoms with Crippen molar-refractivity contribution < 1.29 is 9.47 Å². The summed E-state index contributed by atoms with van der Waals surface area (Å²) in [5.74, 6) is 2.57. The molecule has 148 valence electrons. The van der Waals surface area contributed by atoms with Crippen molar-refractivity contribution in [3.05, 3.63) is 0 Å². The Morgan fingerprint density at radius 1 is 1.08 bits per heavy atom. The van der Waals surface area contributed by atoms with Crippen LogP contribution in [0.3, 0.4) is 0 Å². The van der Waals surface area contributed by atoms with Crippen molar-refractivity contribution in [2.45, 2.75) is 64.3 Å². The number of ether oxygens (including phenoxy) is 2. The van der Waals surface area contributed by atoms with Gasteiger partial charge in [0.25, 0.3) is 0 Å². The summed E-state index contributed by atoms with van der Waals surface area (Å²) in [7, 11) is 1.86. The highest BCUT2D eigenvalue weighted by atomic mass is 127. The van der Waals surface area contributed by atoms with E-state index in [1.807, 2.05) is 7.05 Å². The predicted molar refractivity (Wildman–Crippen MR) is 115 cm³/mol. The van der Waals surface area contributed by atoms with Crippen LogP contribution in [0.2, 0.25) is 0 Å². The summed E-state index contributed by atoms with van der Waals surface area (Å²) in [6, 6.07) is 0.587. The Labute approximate surface area is 171 Å². The summed E-state index contributed by atoms with van der Waals surface area (Å²) < 4.78 is 11.2. The minimum atomic E-state index is 0. The third kappa shape index (κ3) is 9.43. The maximum atomic E-state index is 5.81. The molecule has 2 rings (SSSR count). The molecule has 1 heterocycles. The molecule has 0 aromatic carbocycles. The first kappa shape index (κ1) is 23.0. The van der Waals surface area contributed by atoms with Gasteiger partial charge in [0.15, 0.2) is 5.96 Å². The van der Waals surface area contributed by atoms with Crippen LogP contribution in [0.5, 0.6) is 0 Å². The summed E-state index contributed by atoms with van der Waals surface area (Å²) in [5, 5.41) is 7.00. The maximum Gasteiger partial charge on any atom is 0.191 e. The molecule has 6 heteroatoms. The molecule has 0 aromatic rings. The monoisotopic (exact) mass is 467 g/mol. The van der Waals surface area contributed by atoms with Gasteiger partial charge in [-0.1, -0.05) is 13.3 Å². The average Bonchev–Trinajstić information content (AvgIpc) is 2.65. The van der Waals surface area contributed by atoms with E-state index in [0.717, 1.165) is 64.1 Å². The van der Waals surface area contributed by atoms with Crippen LogP contribution in [0.25, 0.3) is 0 Å². The fourth-order valence-electron chi connectivity index (χ4n) is 3.65. The van der Waals surface area contributed by atoms with E-state index < -0.39 is 0 Å². The van der Waals surface area contributed by atoms with Crippen LogP contribution in [0.1, 0.15) is 58.3 Å². The molecule has 0 atom stereocenters. The van der Waals surface area contributed by atoms with E-state index in [4.69, 9.17) is 9.47 Å². The zero-order valence-electron chi connectivity index (χ0n) is 16.1. The van der Waals surface area contributed by atoms with E-state index in [-0.39, 0.29) is 24.0 Å². The van der Waals surface area contributed by atoms with Gasteiger partial charge in [0.2, 0.25) is 0 Å². The van der Waals surface area contributed by atoms with E-state index in [1.54, 1.807) is 0 Å². The third-order valence-electron chi connectivity index (χ3n) is 5.44. The van der Waals surface area contributed by atoms with Crippen LogP contribution in [-0.2, 0) is 9.47 Å². The normalized spacial score (nSPS) is 25.3. The zero-order chi connectivity index (χ0) is 17.0. The van der Waals surface area contributed by atoms with Crippen LogP contribution >= 0.6 is 24.0 Å². The average molecular weight is 467 g/mol. The van der Waals surface area contributed by atoms with Crippen molar-refractivity contribution in [3.63, 3.8) is 0 Å². The fourth-order valence-corrected chi connectivity index (χ4v) is 3.65. The van der Waals surface area contributed by atoms with Crippen molar-refractivity contribution in [2.24, 2.45) is 16.8 Å². The molecule has 2 fully saturated rings. The van der Waals surface area contributed by atoms with Gasteiger partial charge in [0.1, 0.15) is 0 Å². The fraction of sp³-hybridized carbons (Fsp3) is 0.947. The van der Waals surface area contributed by atoms with Crippen LogP contribution in [0.4, 0.5) is 0 Å². The van der Waals surface area contributed by atoms with E-state index in [1.165, 1.54) is 32.1 Å². The zero-order valence-corrected chi connectivity index (χ0v) is 18.4. The number of aliphatic imine (C=N–C) groups is 1. The molecule has 0 spiro atoms. The molecule has 2 aliphatic rings. The molecular formula is C19H38IN3O2. The molecule has 0 bridgehead atoms. The summed E-state index contributed by atoms with van der Waals surface area (Å²) in [6.45, 7) is 6.73. The molecule has 5 nitrogen and oxygen atoms in total. The second-order valence-electron chi connectivity index (χ2n) is 7.25.